The number of amides is 1. The number of hydrogen-bond acceptors (Lipinski definition) is 4. The number of nitro groups is 1. The average Bonchev–Trinajstić information content (AvgIpc) is 2.46. The number of para-hydroxylation sites is 1. The van der Waals surface area contributed by atoms with Crippen LogP contribution in [0.5, 0.6) is 0 Å². The topological polar surface area (TPSA) is 75.5 Å². The van der Waals surface area contributed by atoms with E-state index in [1.54, 1.807) is 36.1 Å². The summed E-state index contributed by atoms with van der Waals surface area (Å²) in [4.78, 5) is 24.8. The normalized spacial score (nSPS) is 10.3. The standard InChI is InChI=1S/C16H16ClN3O3/c1-10-11(6-4-9-14(10)20(22)23)16(21)18-13-8-5-7-12(17)15(13)19(2)3/h4-9H,1-3H3,(H,18,21). The molecular formula is C16H16ClN3O3. The van der Waals surface area contributed by atoms with E-state index in [1.165, 1.54) is 12.1 Å². The van der Waals surface area contributed by atoms with E-state index >= 15 is 0 Å². The van der Waals surface area contributed by atoms with Gasteiger partial charge in [0.1, 0.15) is 0 Å². The third-order valence-electron chi connectivity index (χ3n) is 3.43. The van der Waals surface area contributed by atoms with Crippen molar-refractivity contribution in [1.29, 1.82) is 0 Å². The summed E-state index contributed by atoms with van der Waals surface area (Å²) in [5.74, 6) is -0.420. The summed E-state index contributed by atoms with van der Waals surface area (Å²) >= 11 is 6.17. The van der Waals surface area contributed by atoms with Gasteiger partial charge >= 0.3 is 0 Å². The first kappa shape index (κ1) is 16.8. The molecule has 0 aromatic heterocycles. The van der Waals surface area contributed by atoms with Crippen molar-refractivity contribution < 1.29 is 9.72 Å². The Morgan fingerprint density at radius 1 is 1.22 bits per heavy atom. The Balaban J connectivity index is 2.40. The van der Waals surface area contributed by atoms with Crippen LogP contribution in [0.3, 0.4) is 0 Å². The number of benzene rings is 2. The van der Waals surface area contributed by atoms with Gasteiger partial charge in [0.15, 0.2) is 0 Å². The molecule has 23 heavy (non-hydrogen) atoms. The third kappa shape index (κ3) is 3.43. The molecule has 2 rings (SSSR count). The molecule has 0 aliphatic heterocycles. The molecule has 6 nitrogen and oxygen atoms in total. The van der Waals surface area contributed by atoms with Gasteiger partial charge in [0.2, 0.25) is 0 Å². The van der Waals surface area contributed by atoms with Crippen LogP contribution in [0.25, 0.3) is 0 Å². The summed E-state index contributed by atoms with van der Waals surface area (Å²) in [6.07, 6.45) is 0. The highest BCUT2D eigenvalue weighted by atomic mass is 35.5. The Bertz CT molecular complexity index is 775. The molecule has 0 radical (unpaired) electrons. The summed E-state index contributed by atoms with van der Waals surface area (Å²) in [5.41, 5.74) is 1.70. The molecule has 0 fully saturated rings. The molecule has 0 saturated carbocycles. The van der Waals surface area contributed by atoms with Crippen LogP contribution in [0.15, 0.2) is 36.4 Å². The first-order valence-corrected chi connectivity index (χ1v) is 7.22. The molecule has 7 heteroatoms. The van der Waals surface area contributed by atoms with Crippen molar-refractivity contribution in [3.8, 4) is 0 Å². The molecule has 0 aliphatic carbocycles. The maximum Gasteiger partial charge on any atom is 0.273 e. The summed E-state index contributed by atoms with van der Waals surface area (Å²) < 4.78 is 0. The highest BCUT2D eigenvalue weighted by Crippen LogP contribution is 2.33. The molecular weight excluding hydrogens is 318 g/mol. The molecule has 0 aliphatic rings. The summed E-state index contributed by atoms with van der Waals surface area (Å²) in [7, 11) is 3.63. The van der Waals surface area contributed by atoms with Crippen LogP contribution in [-0.4, -0.2) is 24.9 Å². The summed E-state index contributed by atoms with van der Waals surface area (Å²) in [5, 5.41) is 14.3. The zero-order valence-electron chi connectivity index (χ0n) is 13.0. The molecule has 120 valence electrons. The Labute approximate surface area is 138 Å². The molecule has 1 N–H and O–H groups in total. The van der Waals surface area contributed by atoms with Crippen LogP contribution >= 0.6 is 11.6 Å². The molecule has 0 spiro atoms. The maximum absolute atomic E-state index is 12.5. The van der Waals surface area contributed by atoms with Gasteiger partial charge in [-0.1, -0.05) is 23.7 Å². The van der Waals surface area contributed by atoms with Gasteiger partial charge in [0, 0.05) is 31.3 Å². The Morgan fingerprint density at radius 3 is 2.48 bits per heavy atom. The molecule has 0 heterocycles. The number of rotatable bonds is 4. The molecule has 0 bridgehead atoms. The highest BCUT2D eigenvalue weighted by Gasteiger charge is 2.19. The zero-order chi connectivity index (χ0) is 17.1. The molecule has 1 amide bonds. The largest absolute Gasteiger partial charge is 0.375 e. The second-order valence-electron chi connectivity index (χ2n) is 5.19. The third-order valence-corrected chi connectivity index (χ3v) is 3.73. The minimum Gasteiger partial charge on any atom is -0.375 e. The number of halogens is 1. The van der Waals surface area contributed by atoms with Crippen molar-refractivity contribution in [1.82, 2.24) is 0 Å². The SMILES string of the molecule is Cc1c(C(=O)Nc2cccc(Cl)c2N(C)C)cccc1[N+](=O)[O-]. The minimum absolute atomic E-state index is 0.0865. The van der Waals surface area contributed by atoms with Crippen LogP contribution in [0.4, 0.5) is 17.1 Å². The van der Waals surface area contributed by atoms with Gasteiger partial charge in [0.05, 0.1) is 21.3 Å². The fourth-order valence-electron chi connectivity index (χ4n) is 2.33. The smallest absolute Gasteiger partial charge is 0.273 e. The minimum atomic E-state index is -0.503. The molecule has 0 saturated heterocycles. The van der Waals surface area contributed by atoms with Crippen LogP contribution < -0.4 is 10.2 Å². The van der Waals surface area contributed by atoms with Crippen LogP contribution in [0, 0.1) is 17.0 Å². The van der Waals surface area contributed by atoms with E-state index in [1.807, 2.05) is 14.1 Å². The van der Waals surface area contributed by atoms with E-state index in [4.69, 9.17) is 11.6 Å². The maximum atomic E-state index is 12.5. The second kappa shape index (κ2) is 6.66. The van der Waals surface area contributed by atoms with Crippen molar-refractivity contribution in [2.45, 2.75) is 6.92 Å². The van der Waals surface area contributed by atoms with E-state index in [0.717, 1.165) is 0 Å². The lowest BCUT2D eigenvalue weighted by molar-refractivity contribution is -0.385. The van der Waals surface area contributed by atoms with Gasteiger partial charge in [-0.3, -0.25) is 14.9 Å². The van der Waals surface area contributed by atoms with E-state index in [0.29, 0.717) is 22.0 Å². The average molecular weight is 334 g/mol. The van der Waals surface area contributed by atoms with Crippen LogP contribution in [-0.2, 0) is 0 Å². The molecule has 2 aromatic carbocycles. The predicted octanol–water partition coefficient (Wildman–Crippen LogP) is 3.87. The summed E-state index contributed by atoms with van der Waals surface area (Å²) in [6, 6.07) is 9.60. The van der Waals surface area contributed by atoms with Gasteiger partial charge in [-0.25, -0.2) is 0 Å². The number of nitrogens with one attached hydrogen (secondary N) is 1. The number of nitro benzene ring substituents is 1. The Hall–Kier alpha value is -2.60. The molecule has 0 unspecified atom stereocenters. The van der Waals surface area contributed by atoms with Crippen molar-refractivity contribution in [2.24, 2.45) is 0 Å². The first-order chi connectivity index (χ1) is 10.8. The summed E-state index contributed by atoms with van der Waals surface area (Å²) in [6.45, 7) is 1.55. The number of anilines is 2. The number of carbonyl (C=O) groups is 1. The molecule has 0 atom stereocenters. The van der Waals surface area contributed by atoms with Crippen LogP contribution in [0.1, 0.15) is 15.9 Å². The monoisotopic (exact) mass is 333 g/mol. The van der Waals surface area contributed by atoms with Crippen molar-refractivity contribution >= 4 is 34.6 Å². The van der Waals surface area contributed by atoms with Crippen LogP contribution in [0.2, 0.25) is 5.02 Å². The fraction of sp³-hybridized carbons (Fsp3) is 0.188. The van der Waals surface area contributed by atoms with E-state index in [2.05, 4.69) is 5.32 Å². The number of nitrogens with zero attached hydrogens (tertiary/aromatic N) is 2. The number of carbonyl (C=O) groups excluding carboxylic acids is 1. The van der Waals surface area contributed by atoms with Crippen molar-refractivity contribution in [3.63, 3.8) is 0 Å². The quantitative estimate of drug-likeness (QED) is 0.680. The van der Waals surface area contributed by atoms with E-state index in [9.17, 15) is 14.9 Å². The lowest BCUT2D eigenvalue weighted by Gasteiger charge is -2.19. The van der Waals surface area contributed by atoms with Crippen molar-refractivity contribution in [2.75, 3.05) is 24.3 Å². The van der Waals surface area contributed by atoms with Gasteiger partial charge in [0.25, 0.3) is 11.6 Å². The highest BCUT2D eigenvalue weighted by molar-refractivity contribution is 6.34. The van der Waals surface area contributed by atoms with E-state index in [-0.39, 0.29) is 11.3 Å². The van der Waals surface area contributed by atoms with Gasteiger partial charge in [-0.2, -0.15) is 0 Å². The number of hydrogen-bond donors (Lipinski definition) is 1. The fourth-order valence-corrected chi connectivity index (χ4v) is 2.67. The second-order valence-corrected chi connectivity index (χ2v) is 5.60. The van der Waals surface area contributed by atoms with Gasteiger partial charge < -0.3 is 10.2 Å². The lowest BCUT2D eigenvalue weighted by atomic mass is 10.1. The van der Waals surface area contributed by atoms with E-state index < -0.39 is 10.8 Å². The first-order valence-electron chi connectivity index (χ1n) is 6.84. The van der Waals surface area contributed by atoms with Crippen molar-refractivity contribution in [3.05, 3.63) is 62.7 Å². The van der Waals surface area contributed by atoms with Gasteiger partial charge in [-0.15, -0.1) is 0 Å². The Kier molecular flexibility index (Phi) is 4.86. The lowest BCUT2D eigenvalue weighted by Crippen LogP contribution is -2.18. The van der Waals surface area contributed by atoms with Gasteiger partial charge in [-0.05, 0) is 25.1 Å². The Morgan fingerprint density at radius 2 is 1.87 bits per heavy atom. The predicted molar refractivity (Wildman–Crippen MR) is 91.6 cm³/mol. The zero-order valence-corrected chi connectivity index (χ0v) is 13.7. The molecule has 2 aromatic rings.